The minimum atomic E-state index is -1.43. The van der Waals surface area contributed by atoms with E-state index in [1.807, 2.05) is 25.1 Å². The van der Waals surface area contributed by atoms with Crippen LogP contribution in [-0.2, 0) is 17.7 Å². The first kappa shape index (κ1) is 27.2. The smallest absolute Gasteiger partial charge is 0.273 e. The van der Waals surface area contributed by atoms with Gasteiger partial charge in [-0.3, -0.25) is 10.1 Å². The average Bonchev–Trinajstić information content (AvgIpc) is 2.87. The first-order chi connectivity index (χ1) is 18.0. The molecule has 0 radical (unpaired) electrons. The van der Waals surface area contributed by atoms with Crippen molar-refractivity contribution in [3.05, 3.63) is 81.4 Å². The summed E-state index contributed by atoms with van der Waals surface area (Å²) < 4.78 is 29.4. The van der Waals surface area contributed by atoms with E-state index in [1.54, 1.807) is 32.2 Å². The molecule has 1 N–H and O–H groups in total. The molecule has 3 aromatic carbocycles. The highest BCUT2D eigenvalue weighted by molar-refractivity contribution is 7.80. The van der Waals surface area contributed by atoms with Crippen LogP contribution in [0, 0.1) is 17.0 Å². The van der Waals surface area contributed by atoms with Crippen LogP contribution in [0.5, 0.6) is 17.2 Å². The number of nitro groups is 1. The molecule has 200 valence electrons. The van der Waals surface area contributed by atoms with Gasteiger partial charge in [0.2, 0.25) is 11.1 Å². The van der Waals surface area contributed by atoms with Crippen molar-refractivity contribution in [1.82, 2.24) is 0 Å². The first-order valence-electron chi connectivity index (χ1n) is 12.3. The fourth-order valence-electron chi connectivity index (χ4n) is 4.72. The van der Waals surface area contributed by atoms with E-state index in [4.69, 9.17) is 13.7 Å². The zero-order valence-corrected chi connectivity index (χ0v) is 23.2. The predicted octanol–water partition coefficient (Wildman–Crippen LogP) is 6.83. The number of hydrogen-bond donors (Lipinski definition) is 1. The van der Waals surface area contributed by atoms with E-state index in [-0.39, 0.29) is 17.8 Å². The van der Waals surface area contributed by atoms with Gasteiger partial charge in [-0.15, -0.1) is 0 Å². The summed E-state index contributed by atoms with van der Waals surface area (Å²) in [6.45, 7) is 10.1. The number of allylic oxidation sites excluding steroid dienone is 1. The van der Waals surface area contributed by atoms with Crippen LogP contribution < -0.4 is 19.0 Å². The Balaban J connectivity index is 1.84. The highest BCUT2D eigenvalue weighted by Crippen LogP contribution is 2.43. The number of benzene rings is 3. The maximum absolute atomic E-state index is 11.9. The van der Waals surface area contributed by atoms with Gasteiger partial charge in [-0.05, 0) is 68.7 Å². The number of hydrogen-bond acceptors (Lipinski definition) is 7. The van der Waals surface area contributed by atoms with Crippen molar-refractivity contribution in [3.8, 4) is 28.4 Å². The van der Waals surface area contributed by atoms with Gasteiger partial charge in [-0.25, -0.2) is 4.21 Å². The standard InChI is InChI=1S/C29H32N2O6S/c1-7-38(34)37-21-10-11-23(27(15-21)35-6)22-12-13-25-28(19(3)16-29(4,5)30-25)24(22)17-36-26-14-20(31(32)33)9-8-18(26)2/h8-16,30H,7,17H2,1-6H3. The van der Waals surface area contributed by atoms with E-state index in [0.717, 1.165) is 39.1 Å². The molecular weight excluding hydrogens is 504 g/mol. The summed E-state index contributed by atoms with van der Waals surface area (Å²) in [7, 11) is 1.58. The number of nitrogens with zero attached hydrogens (tertiary/aromatic N) is 1. The molecule has 0 saturated carbocycles. The molecule has 9 heteroatoms. The molecule has 0 aliphatic carbocycles. The highest BCUT2D eigenvalue weighted by atomic mass is 32.2. The van der Waals surface area contributed by atoms with Crippen molar-refractivity contribution in [2.24, 2.45) is 0 Å². The topological polar surface area (TPSA) is 99.9 Å². The van der Waals surface area contributed by atoms with E-state index >= 15 is 0 Å². The summed E-state index contributed by atoms with van der Waals surface area (Å²) in [6, 6.07) is 14.0. The first-order valence-corrected chi connectivity index (χ1v) is 13.5. The molecule has 38 heavy (non-hydrogen) atoms. The largest absolute Gasteiger partial charge is 0.496 e. The van der Waals surface area contributed by atoms with Crippen molar-refractivity contribution in [2.75, 3.05) is 18.2 Å². The number of nitrogens with one attached hydrogen (secondary N) is 1. The van der Waals surface area contributed by atoms with Crippen LogP contribution in [-0.4, -0.2) is 27.5 Å². The van der Waals surface area contributed by atoms with Crippen molar-refractivity contribution in [2.45, 2.75) is 46.8 Å². The van der Waals surface area contributed by atoms with E-state index in [2.05, 4.69) is 32.2 Å². The predicted molar refractivity (Wildman–Crippen MR) is 151 cm³/mol. The van der Waals surface area contributed by atoms with Gasteiger partial charge in [-0.1, -0.05) is 19.1 Å². The number of nitro benzene ring substituents is 1. The molecule has 8 nitrogen and oxygen atoms in total. The molecule has 1 atom stereocenters. The van der Waals surface area contributed by atoms with Gasteiger partial charge in [0.25, 0.3) is 5.69 Å². The molecule has 0 spiro atoms. The van der Waals surface area contributed by atoms with Crippen molar-refractivity contribution in [1.29, 1.82) is 0 Å². The van der Waals surface area contributed by atoms with Gasteiger partial charge in [0, 0.05) is 34.5 Å². The number of non-ortho nitro benzene ring substituents is 1. The van der Waals surface area contributed by atoms with Gasteiger partial charge in [-0.2, -0.15) is 0 Å². The normalized spacial score (nSPS) is 14.5. The summed E-state index contributed by atoms with van der Waals surface area (Å²) in [6.07, 6.45) is 2.18. The van der Waals surface area contributed by atoms with Gasteiger partial charge in [0.05, 0.1) is 29.4 Å². The zero-order chi connectivity index (χ0) is 27.6. The van der Waals surface area contributed by atoms with Gasteiger partial charge >= 0.3 is 0 Å². The average molecular weight is 537 g/mol. The van der Waals surface area contributed by atoms with E-state index in [1.165, 1.54) is 12.1 Å². The van der Waals surface area contributed by atoms with E-state index in [0.29, 0.717) is 23.0 Å². The third-order valence-corrected chi connectivity index (χ3v) is 7.23. The molecule has 0 fully saturated rings. The second-order valence-corrected chi connectivity index (χ2v) is 11.1. The van der Waals surface area contributed by atoms with Gasteiger partial charge < -0.3 is 19.0 Å². The third kappa shape index (κ3) is 5.67. The molecule has 0 amide bonds. The summed E-state index contributed by atoms with van der Waals surface area (Å²) in [5.74, 6) is 1.84. The minimum absolute atomic E-state index is 0.0258. The Kier molecular flexibility index (Phi) is 7.78. The number of rotatable bonds is 9. The second-order valence-electron chi connectivity index (χ2n) is 9.72. The molecule has 1 aliphatic heterocycles. The van der Waals surface area contributed by atoms with Gasteiger partial charge in [0.1, 0.15) is 23.9 Å². The molecule has 3 aromatic rings. The maximum atomic E-state index is 11.9. The van der Waals surface area contributed by atoms with Crippen LogP contribution in [0.25, 0.3) is 16.7 Å². The van der Waals surface area contributed by atoms with Gasteiger partial charge in [0.15, 0.2) is 0 Å². The lowest BCUT2D eigenvalue weighted by Gasteiger charge is -2.33. The van der Waals surface area contributed by atoms with Crippen molar-refractivity contribution >= 4 is 28.0 Å². The Labute approximate surface area is 225 Å². The SMILES string of the molecule is CCS(=O)Oc1ccc(-c2ccc3c(c2COc2cc([N+](=O)[O-])ccc2C)C(C)=CC(C)(C)N3)c(OC)c1. The Hall–Kier alpha value is -3.85. The Bertz CT molecular complexity index is 1450. The fraction of sp³-hybridized carbons (Fsp3) is 0.310. The number of aryl methyl sites for hydroxylation is 1. The molecule has 1 heterocycles. The van der Waals surface area contributed by atoms with Crippen molar-refractivity contribution in [3.63, 3.8) is 0 Å². The summed E-state index contributed by atoms with van der Waals surface area (Å²) >= 11 is -1.43. The number of methoxy groups -OCH3 is 1. The quantitative estimate of drug-likeness (QED) is 0.236. The lowest BCUT2D eigenvalue weighted by atomic mass is 9.85. The number of fused-ring (bicyclic) bond motifs is 1. The fourth-order valence-corrected chi connectivity index (χ4v) is 5.16. The van der Waals surface area contributed by atoms with Crippen LogP contribution in [0.2, 0.25) is 0 Å². The van der Waals surface area contributed by atoms with Crippen LogP contribution in [0.3, 0.4) is 0 Å². The molecule has 0 aromatic heterocycles. The molecule has 0 bridgehead atoms. The minimum Gasteiger partial charge on any atom is -0.496 e. The van der Waals surface area contributed by atoms with Crippen LogP contribution >= 0.6 is 0 Å². The summed E-state index contributed by atoms with van der Waals surface area (Å²) in [5, 5.41) is 14.9. The van der Waals surface area contributed by atoms with Crippen LogP contribution in [0.4, 0.5) is 11.4 Å². The molecule has 1 aliphatic rings. The van der Waals surface area contributed by atoms with Crippen LogP contribution in [0.1, 0.15) is 44.4 Å². The molecular formula is C29H32N2O6S. The Morgan fingerprint density at radius 3 is 2.45 bits per heavy atom. The lowest BCUT2D eigenvalue weighted by Crippen LogP contribution is -2.32. The van der Waals surface area contributed by atoms with E-state index < -0.39 is 16.0 Å². The Morgan fingerprint density at radius 1 is 1.03 bits per heavy atom. The number of anilines is 1. The number of ether oxygens (including phenoxy) is 2. The van der Waals surface area contributed by atoms with Crippen molar-refractivity contribution < 1.29 is 22.8 Å². The molecule has 0 saturated heterocycles. The maximum Gasteiger partial charge on any atom is 0.273 e. The van der Waals surface area contributed by atoms with Crippen LogP contribution in [0.15, 0.2) is 54.6 Å². The summed E-state index contributed by atoms with van der Waals surface area (Å²) in [4.78, 5) is 10.9. The Morgan fingerprint density at radius 2 is 1.76 bits per heavy atom. The second kappa shape index (κ2) is 10.9. The lowest BCUT2D eigenvalue weighted by molar-refractivity contribution is -0.385. The van der Waals surface area contributed by atoms with E-state index in [9.17, 15) is 14.3 Å². The monoisotopic (exact) mass is 536 g/mol. The third-order valence-electron chi connectivity index (χ3n) is 6.38. The molecule has 4 rings (SSSR count). The summed E-state index contributed by atoms with van der Waals surface area (Å²) in [5.41, 5.74) is 6.26. The zero-order valence-electron chi connectivity index (χ0n) is 22.4. The molecule has 1 unspecified atom stereocenters. The highest BCUT2D eigenvalue weighted by Gasteiger charge is 2.27.